The van der Waals surface area contributed by atoms with Crippen LogP contribution in [0.15, 0.2) is 47.0 Å². The molecule has 122 valence electrons. The zero-order chi connectivity index (χ0) is 17.1. The van der Waals surface area contributed by atoms with E-state index >= 15 is 0 Å². The number of ether oxygens (including phenoxy) is 1. The van der Waals surface area contributed by atoms with E-state index in [0.717, 1.165) is 6.07 Å². The first-order valence-corrected chi connectivity index (χ1v) is 7.12. The van der Waals surface area contributed by atoms with Gasteiger partial charge in [-0.15, -0.1) is 0 Å². The Morgan fingerprint density at radius 2 is 2.08 bits per heavy atom. The summed E-state index contributed by atoms with van der Waals surface area (Å²) in [5.74, 6) is -0.00844. The lowest BCUT2D eigenvalue weighted by atomic mass is 10.1. The molecular weight excluding hydrogens is 313 g/mol. The van der Waals surface area contributed by atoms with E-state index in [1.54, 1.807) is 31.2 Å². The molecule has 0 fully saturated rings. The Hall–Kier alpha value is -3.22. The fraction of sp³-hybridized carbons (Fsp3) is 0.118. The van der Waals surface area contributed by atoms with Crippen LogP contribution < -0.4 is 10.1 Å². The Balaban J connectivity index is 1.82. The summed E-state index contributed by atoms with van der Waals surface area (Å²) in [5, 5.41) is 6.47. The summed E-state index contributed by atoms with van der Waals surface area (Å²) in [5.41, 5.74) is 1.10. The maximum atomic E-state index is 14.0. The van der Waals surface area contributed by atoms with E-state index < -0.39 is 11.7 Å². The van der Waals surface area contributed by atoms with E-state index in [1.165, 1.54) is 19.2 Å². The quantitative estimate of drug-likeness (QED) is 0.794. The summed E-state index contributed by atoms with van der Waals surface area (Å²) < 4.78 is 23.8. The first-order chi connectivity index (χ1) is 11.6. The minimum Gasteiger partial charge on any atom is -0.497 e. The van der Waals surface area contributed by atoms with Crippen molar-refractivity contribution in [2.75, 3.05) is 12.4 Å². The molecule has 0 radical (unpaired) electrons. The van der Waals surface area contributed by atoms with Crippen LogP contribution in [-0.4, -0.2) is 23.2 Å². The predicted octanol–water partition coefficient (Wildman–Crippen LogP) is 3.45. The minimum absolute atomic E-state index is 0.0726. The topological polar surface area (TPSA) is 77.2 Å². The molecular formula is C17H14FN3O3. The molecule has 1 heterocycles. The number of hydrogen-bond acceptors (Lipinski definition) is 5. The van der Waals surface area contributed by atoms with Gasteiger partial charge >= 0.3 is 0 Å². The zero-order valence-electron chi connectivity index (χ0n) is 13.0. The highest BCUT2D eigenvalue weighted by Gasteiger charge is 2.14. The van der Waals surface area contributed by atoms with Gasteiger partial charge in [0.25, 0.3) is 5.91 Å². The molecule has 1 aromatic heterocycles. The predicted molar refractivity (Wildman–Crippen MR) is 85.4 cm³/mol. The van der Waals surface area contributed by atoms with Crippen molar-refractivity contribution in [3.05, 3.63) is 59.7 Å². The third-order valence-electron chi connectivity index (χ3n) is 3.33. The van der Waals surface area contributed by atoms with E-state index in [4.69, 9.17) is 9.26 Å². The van der Waals surface area contributed by atoms with Crippen LogP contribution in [-0.2, 0) is 0 Å². The summed E-state index contributed by atoms with van der Waals surface area (Å²) in [6.07, 6.45) is 0. The van der Waals surface area contributed by atoms with Crippen molar-refractivity contribution in [2.45, 2.75) is 6.92 Å². The Bertz CT molecular complexity index is 892. The van der Waals surface area contributed by atoms with Crippen LogP contribution in [0.5, 0.6) is 5.75 Å². The van der Waals surface area contributed by atoms with E-state index in [1.807, 2.05) is 0 Å². The van der Waals surface area contributed by atoms with E-state index in [0.29, 0.717) is 28.7 Å². The van der Waals surface area contributed by atoms with Gasteiger partial charge in [-0.2, -0.15) is 4.98 Å². The molecule has 24 heavy (non-hydrogen) atoms. The number of aryl methyl sites for hydroxylation is 1. The summed E-state index contributed by atoms with van der Waals surface area (Å²) in [6.45, 7) is 1.69. The van der Waals surface area contributed by atoms with Gasteiger partial charge in [-0.05, 0) is 24.3 Å². The second-order valence-electron chi connectivity index (χ2n) is 5.02. The van der Waals surface area contributed by atoms with Crippen LogP contribution in [0.4, 0.5) is 10.1 Å². The highest BCUT2D eigenvalue weighted by atomic mass is 19.1. The largest absolute Gasteiger partial charge is 0.497 e. The molecule has 2 aromatic carbocycles. The van der Waals surface area contributed by atoms with Gasteiger partial charge < -0.3 is 14.6 Å². The fourth-order valence-corrected chi connectivity index (χ4v) is 2.16. The molecule has 0 spiro atoms. The zero-order valence-corrected chi connectivity index (χ0v) is 13.0. The first kappa shape index (κ1) is 15.7. The molecule has 6 nitrogen and oxygen atoms in total. The number of anilines is 1. The molecule has 0 aliphatic rings. The molecule has 0 saturated carbocycles. The van der Waals surface area contributed by atoms with Crippen LogP contribution >= 0.6 is 0 Å². The van der Waals surface area contributed by atoms with Gasteiger partial charge in [0, 0.05) is 24.2 Å². The molecule has 1 amide bonds. The number of benzene rings is 2. The number of aromatic nitrogens is 2. The van der Waals surface area contributed by atoms with E-state index in [-0.39, 0.29) is 5.56 Å². The van der Waals surface area contributed by atoms with Crippen LogP contribution in [0.3, 0.4) is 0 Å². The van der Waals surface area contributed by atoms with Gasteiger partial charge in [-0.3, -0.25) is 4.79 Å². The highest BCUT2D eigenvalue weighted by Crippen LogP contribution is 2.22. The van der Waals surface area contributed by atoms with Gasteiger partial charge in [-0.1, -0.05) is 17.3 Å². The summed E-state index contributed by atoms with van der Waals surface area (Å²) >= 11 is 0. The van der Waals surface area contributed by atoms with Crippen molar-refractivity contribution in [3.63, 3.8) is 0 Å². The fourth-order valence-electron chi connectivity index (χ4n) is 2.16. The summed E-state index contributed by atoms with van der Waals surface area (Å²) in [7, 11) is 1.43. The van der Waals surface area contributed by atoms with Crippen LogP contribution in [0.2, 0.25) is 0 Å². The van der Waals surface area contributed by atoms with Crippen molar-refractivity contribution in [2.24, 2.45) is 0 Å². The first-order valence-electron chi connectivity index (χ1n) is 7.12. The second kappa shape index (κ2) is 6.49. The monoisotopic (exact) mass is 327 g/mol. The number of nitrogens with zero attached hydrogens (tertiary/aromatic N) is 2. The maximum absolute atomic E-state index is 14.0. The molecule has 0 aliphatic heterocycles. The Morgan fingerprint density at radius 3 is 2.75 bits per heavy atom. The third-order valence-corrected chi connectivity index (χ3v) is 3.33. The smallest absolute Gasteiger partial charge is 0.258 e. The maximum Gasteiger partial charge on any atom is 0.258 e. The molecule has 0 atom stereocenters. The second-order valence-corrected chi connectivity index (χ2v) is 5.02. The molecule has 0 unspecified atom stereocenters. The summed E-state index contributed by atoms with van der Waals surface area (Å²) in [6, 6.07) is 11.0. The molecule has 7 heteroatoms. The number of carbonyl (C=O) groups excluding carboxylic acids is 1. The van der Waals surface area contributed by atoms with E-state index in [2.05, 4.69) is 15.5 Å². The van der Waals surface area contributed by atoms with Crippen molar-refractivity contribution in [1.82, 2.24) is 10.1 Å². The van der Waals surface area contributed by atoms with Gasteiger partial charge in [0.15, 0.2) is 0 Å². The Kier molecular flexibility index (Phi) is 4.24. The number of nitrogens with one attached hydrogen (secondary N) is 1. The van der Waals surface area contributed by atoms with Gasteiger partial charge in [0.1, 0.15) is 11.6 Å². The third kappa shape index (κ3) is 3.24. The SMILES string of the molecule is COc1ccc(C(=O)Nc2cccc(-c3noc(C)n3)c2)c(F)c1. The number of halogens is 1. The number of hydrogen-bond donors (Lipinski definition) is 1. The lowest BCUT2D eigenvalue weighted by Gasteiger charge is -2.08. The van der Waals surface area contributed by atoms with Crippen molar-refractivity contribution in [3.8, 4) is 17.1 Å². The van der Waals surface area contributed by atoms with E-state index in [9.17, 15) is 9.18 Å². The minimum atomic E-state index is -0.656. The summed E-state index contributed by atoms with van der Waals surface area (Å²) in [4.78, 5) is 16.4. The average molecular weight is 327 g/mol. The Labute approximate surface area is 137 Å². The van der Waals surface area contributed by atoms with Crippen molar-refractivity contribution in [1.29, 1.82) is 0 Å². The lowest BCUT2D eigenvalue weighted by Crippen LogP contribution is -2.13. The number of rotatable bonds is 4. The van der Waals surface area contributed by atoms with Gasteiger partial charge in [0.2, 0.25) is 11.7 Å². The molecule has 3 aromatic rings. The molecule has 0 aliphatic carbocycles. The van der Waals surface area contributed by atoms with Crippen molar-refractivity contribution >= 4 is 11.6 Å². The number of carbonyl (C=O) groups is 1. The molecule has 0 saturated heterocycles. The highest BCUT2D eigenvalue weighted by molar-refractivity contribution is 6.04. The van der Waals surface area contributed by atoms with Crippen LogP contribution in [0.1, 0.15) is 16.2 Å². The Morgan fingerprint density at radius 1 is 1.25 bits per heavy atom. The lowest BCUT2D eigenvalue weighted by molar-refractivity contribution is 0.102. The molecule has 3 rings (SSSR count). The molecule has 0 bridgehead atoms. The van der Waals surface area contributed by atoms with Gasteiger partial charge in [0.05, 0.1) is 12.7 Å². The number of methoxy groups -OCH3 is 1. The normalized spacial score (nSPS) is 10.5. The van der Waals surface area contributed by atoms with Crippen LogP contribution in [0.25, 0.3) is 11.4 Å². The standard InChI is InChI=1S/C17H14FN3O3/c1-10-19-16(21-24-10)11-4-3-5-12(8-11)20-17(22)14-7-6-13(23-2)9-15(14)18/h3-9H,1-2H3,(H,20,22). The number of amides is 1. The van der Waals surface area contributed by atoms with Gasteiger partial charge in [-0.25, -0.2) is 4.39 Å². The average Bonchev–Trinajstić information content (AvgIpc) is 3.01. The van der Waals surface area contributed by atoms with Crippen molar-refractivity contribution < 1.29 is 18.4 Å². The van der Waals surface area contributed by atoms with Crippen LogP contribution in [0, 0.1) is 12.7 Å². The molecule has 1 N–H and O–H groups in total.